The highest BCUT2D eigenvalue weighted by Gasteiger charge is 2.20. The van der Waals surface area contributed by atoms with Gasteiger partial charge in [0.25, 0.3) is 16.0 Å². The molecule has 0 saturated carbocycles. The molecule has 0 bridgehead atoms. The topological polar surface area (TPSA) is 84.8 Å². The molecule has 0 radical (unpaired) electrons. The minimum absolute atomic E-state index is 0.222. The molecule has 18 heavy (non-hydrogen) atoms. The number of hydrogen-bond donors (Lipinski definition) is 1. The molecule has 0 saturated heterocycles. The summed E-state index contributed by atoms with van der Waals surface area (Å²) in [7, 11) is -4.07. The van der Waals surface area contributed by atoms with E-state index in [1.807, 2.05) is 4.72 Å². The molecule has 1 N–H and O–H groups in total. The van der Waals surface area contributed by atoms with E-state index in [-0.39, 0.29) is 5.95 Å². The largest absolute Gasteiger partial charge is 0.267 e. The van der Waals surface area contributed by atoms with Crippen LogP contribution in [0.5, 0.6) is 0 Å². The number of sulfonamides is 1. The average molecular weight is 333 g/mol. The predicted octanol–water partition coefficient (Wildman–Crippen LogP) is 1.57. The quantitative estimate of drug-likeness (QED) is 0.922. The third-order valence-corrected chi connectivity index (χ3v) is 3.75. The Morgan fingerprint density at radius 3 is 2.67 bits per heavy atom. The summed E-state index contributed by atoms with van der Waals surface area (Å²) in [6.45, 7) is 0. The van der Waals surface area contributed by atoms with Gasteiger partial charge < -0.3 is 0 Å². The van der Waals surface area contributed by atoms with E-state index in [9.17, 15) is 12.8 Å². The van der Waals surface area contributed by atoms with Crippen molar-refractivity contribution in [1.29, 1.82) is 0 Å². The summed E-state index contributed by atoms with van der Waals surface area (Å²) in [4.78, 5) is 3.15. The van der Waals surface area contributed by atoms with E-state index in [1.165, 1.54) is 18.5 Å². The average Bonchev–Trinajstić information content (AvgIpc) is 2.29. The van der Waals surface area contributed by atoms with Crippen LogP contribution in [0.25, 0.3) is 0 Å². The molecule has 0 aliphatic carbocycles. The molecule has 0 aliphatic heterocycles. The van der Waals surface area contributed by atoms with Gasteiger partial charge in [-0.2, -0.15) is 5.10 Å². The van der Waals surface area contributed by atoms with Crippen LogP contribution in [0, 0.1) is 5.82 Å². The van der Waals surface area contributed by atoms with Crippen LogP contribution in [-0.2, 0) is 10.0 Å². The SMILES string of the molecule is O=S(=O)(Nc1nccnn1)c1ccc(Br)cc1F. The van der Waals surface area contributed by atoms with Gasteiger partial charge in [-0.3, -0.25) is 0 Å². The van der Waals surface area contributed by atoms with Crippen molar-refractivity contribution in [3.8, 4) is 0 Å². The Labute approximate surface area is 110 Å². The molecule has 1 aromatic heterocycles. The van der Waals surface area contributed by atoms with Crippen LogP contribution < -0.4 is 4.72 Å². The molecule has 0 spiro atoms. The fraction of sp³-hybridized carbons (Fsp3) is 0. The number of hydrogen-bond acceptors (Lipinski definition) is 5. The lowest BCUT2D eigenvalue weighted by atomic mass is 10.3. The van der Waals surface area contributed by atoms with Crippen molar-refractivity contribution in [2.45, 2.75) is 4.90 Å². The summed E-state index contributed by atoms with van der Waals surface area (Å²) < 4.78 is 39.7. The van der Waals surface area contributed by atoms with Gasteiger partial charge in [-0.1, -0.05) is 15.9 Å². The van der Waals surface area contributed by atoms with Crippen LogP contribution in [0.3, 0.4) is 0 Å². The highest BCUT2D eigenvalue weighted by atomic mass is 79.9. The summed E-state index contributed by atoms with van der Waals surface area (Å²) in [5.41, 5.74) is 0. The van der Waals surface area contributed by atoms with E-state index in [0.717, 1.165) is 12.1 Å². The van der Waals surface area contributed by atoms with E-state index in [1.54, 1.807) is 0 Å². The van der Waals surface area contributed by atoms with Gasteiger partial charge in [-0.05, 0) is 18.2 Å². The first-order valence-electron chi connectivity index (χ1n) is 4.60. The Kier molecular flexibility index (Phi) is 3.53. The fourth-order valence-corrected chi connectivity index (χ4v) is 2.50. The molecule has 0 atom stereocenters. The number of halogens is 2. The highest BCUT2D eigenvalue weighted by Crippen LogP contribution is 2.20. The summed E-state index contributed by atoms with van der Waals surface area (Å²) >= 11 is 3.04. The van der Waals surface area contributed by atoms with Crippen LogP contribution >= 0.6 is 15.9 Å². The zero-order valence-electron chi connectivity index (χ0n) is 8.71. The van der Waals surface area contributed by atoms with Gasteiger partial charge in [0.05, 0.1) is 12.4 Å². The van der Waals surface area contributed by atoms with Crippen LogP contribution in [-0.4, -0.2) is 23.6 Å². The summed E-state index contributed by atoms with van der Waals surface area (Å²) in [5, 5.41) is 6.91. The van der Waals surface area contributed by atoms with Crippen molar-refractivity contribution in [2.24, 2.45) is 0 Å². The molecule has 1 heterocycles. The summed E-state index contributed by atoms with van der Waals surface area (Å²) in [6.07, 6.45) is 2.56. The minimum Gasteiger partial charge on any atom is -0.246 e. The van der Waals surface area contributed by atoms with Gasteiger partial charge in [0.1, 0.15) is 10.7 Å². The van der Waals surface area contributed by atoms with Crippen LogP contribution in [0.1, 0.15) is 0 Å². The maximum atomic E-state index is 13.5. The number of nitrogens with one attached hydrogen (secondary N) is 1. The molecular formula is C9H6BrFN4O2S. The van der Waals surface area contributed by atoms with Crippen molar-refractivity contribution in [3.63, 3.8) is 0 Å². The van der Waals surface area contributed by atoms with Crippen LogP contribution in [0.2, 0.25) is 0 Å². The highest BCUT2D eigenvalue weighted by molar-refractivity contribution is 9.10. The van der Waals surface area contributed by atoms with Gasteiger partial charge >= 0.3 is 0 Å². The van der Waals surface area contributed by atoms with E-state index in [4.69, 9.17) is 0 Å². The molecule has 6 nitrogen and oxygen atoms in total. The van der Waals surface area contributed by atoms with Gasteiger partial charge in [0.2, 0.25) is 0 Å². The smallest absolute Gasteiger partial charge is 0.246 e. The molecule has 94 valence electrons. The Balaban J connectivity index is 2.37. The van der Waals surface area contributed by atoms with Crippen LogP contribution in [0.4, 0.5) is 10.3 Å². The molecule has 2 aromatic rings. The van der Waals surface area contributed by atoms with E-state index in [2.05, 4.69) is 31.1 Å². The van der Waals surface area contributed by atoms with Gasteiger partial charge in [-0.25, -0.2) is 22.5 Å². The monoisotopic (exact) mass is 332 g/mol. The van der Waals surface area contributed by atoms with Gasteiger partial charge in [-0.15, -0.1) is 5.10 Å². The number of nitrogens with zero attached hydrogens (tertiary/aromatic N) is 3. The normalized spacial score (nSPS) is 11.2. The Bertz CT molecular complexity index is 666. The Morgan fingerprint density at radius 2 is 2.06 bits per heavy atom. The predicted molar refractivity (Wildman–Crippen MR) is 64.7 cm³/mol. The third-order valence-electron chi connectivity index (χ3n) is 1.89. The van der Waals surface area contributed by atoms with Crippen molar-refractivity contribution in [3.05, 3.63) is 40.9 Å². The lowest BCUT2D eigenvalue weighted by Crippen LogP contribution is -2.16. The Hall–Kier alpha value is -1.61. The minimum atomic E-state index is -4.07. The first-order chi connectivity index (χ1) is 8.49. The second-order valence-electron chi connectivity index (χ2n) is 3.15. The van der Waals surface area contributed by atoms with Crippen molar-refractivity contribution in [1.82, 2.24) is 15.2 Å². The maximum absolute atomic E-state index is 13.5. The van der Waals surface area contributed by atoms with Crippen molar-refractivity contribution >= 4 is 31.9 Å². The molecule has 1 aromatic carbocycles. The van der Waals surface area contributed by atoms with Gasteiger partial charge in [0, 0.05) is 4.47 Å². The number of anilines is 1. The molecule has 9 heteroatoms. The second kappa shape index (κ2) is 4.94. The lowest BCUT2D eigenvalue weighted by molar-refractivity contribution is 0.569. The van der Waals surface area contributed by atoms with Crippen LogP contribution in [0.15, 0.2) is 40.0 Å². The molecular weight excluding hydrogens is 327 g/mol. The Morgan fingerprint density at radius 1 is 1.28 bits per heavy atom. The van der Waals surface area contributed by atoms with E-state index < -0.39 is 20.7 Å². The molecule has 0 aliphatic rings. The zero-order chi connectivity index (χ0) is 13.2. The molecule has 0 unspecified atom stereocenters. The first kappa shape index (κ1) is 12.8. The van der Waals surface area contributed by atoms with Gasteiger partial charge in [0.15, 0.2) is 0 Å². The lowest BCUT2D eigenvalue weighted by Gasteiger charge is -2.06. The van der Waals surface area contributed by atoms with Crippen molar-refractivity contribution < 1.29 is 12.8 Å². The number of benzene rings is 1. The summed E-state index contributed by atoms with van der Waals surface area (Å²) in [5.74, 6) is -1.10. The van der Waals surface area contributed by atoms with E-state index in [0.29, 0.717) is 4.47 Å². The molecule has 0 amide bonds. The first-order valence-corrected chi connectivity index (χ1v) is 6.88. The standard InChI is InChI=1S/C9H6BrFN4O2S/c10-6-1-2-8(7(11)5-6)18(16,17)15-9-12-3-4-13-14-9/h1-5H,(H,12,14,15). The maximum Gasteiger partial charge on any atom is 0.267 e. The molecule has 2 rings (SSSR count). The zero-order valence-corrected chi connectivity index (χ0v) is 11.1. The molecule has 0 fully saturated rings. The second-order valence-corrected chi connectivity index (χ2v) is 5.71. The number of rotatable bonds is 3. The number of aromatic nitrogens is 3. The third kappa shape index (κ3) is 2.79. The van der Waals surface area contributed by atoms with E-state index >= 15 is 0 Å². The van der Waals surface area contributed by atoms with Crippen molar-refractivity contribution in [2.75, 3.05) is 4.72 Å². The summed E-state index contributed by atoms with van der Waals surface area (Å²) in [6, 6.07) is 3.61. The fourth-order valence-electron chi connectivity index (χ4n) is 1.16.